The van der Waals surface area contributed by atoms with Gasteiger partial charge in [0.2, 0.25) is 0 Å². The molecule has 2 rings (SSSR count). The summed E-state index contributed by atoms with van der Waals surface area (Å²) in [5.41, 5.74) is 1.66. The van der Waals surface area contributed by atoms with Gasteiger partial charge >= 0.3 is 0 Å². The second-order valence-electron chi connectivity index (χ2n) is 5.12. The Morgan fingerprint density at radius 2 is 1.95 bits per heavy atom. The zero-order valence-electron chi connectivity index (χ0n) is 12.0. The molecule has 0 amide bonds. The van der Waals surface area contributed by atoms with E-state index in [-0.39, 0.29) is 16.7 Å². The van der Waals surface area contributed by atoms with Gasteiger partial charge in [0.1, 0.15) is 5.69 Å². The lowest BCUT2D eigenvalue weighted by molar-refractivity contribution is 0.461. The molecule has 0 aliphatic heterocycles. The lowest BCUT2D eigenvalue weighted by atomic mass is 10.1. The highest BCUT2D eigenvalue weighted by molar-refractivity contribution is 7.90. The van der Waals surface area contributed by atoms with Crippen LogP contribution in [0.1, 0.15) is 25.6 Å². The summed E-state index contributed by atoms with van der Waals surface area (Å²) >= 11 is 0. The normalized spacial score (nSPS) is 12.1. The first-order chi connectivity index (χ1) is 9.21. The second kappa shape index (κ2) is 4.94. The fourth-order valence-electron chi connectivity index (χ4n) is 2.08. The van der Waals surface area contributed by atoms with Gasteiger partial charge in [-0.05, 0) is 32.9 Å². The summed E-state index contributed by atoms with van der Waals surface area (Å²) in [7, 11) is -3.28. The number of benzene rings is 1. The third kappa shape index (κ3) is 2.56. The van der Waals surface area contributed by atoms with E-state index in [0.29, 0.717) is 17.0 Å². The van der Waals surface area contributed by atoms with Crippen LogP contribution < -0.4 is 0 Å². The molecule has 0 atom stereocenters. The van der Waals surface area contributed by atoms with Gasteiger partial charge in [-0.3, -0.25) is 4.68 Å². The lowest BCUT2D eigenvalue weighted by Gasteiger charge is -2.06. The molecule has 2 aromatic rings. The number of nitrogens with zero attached hydrogens (tertiary/aromatic N) is 2. The Balaban J connectivity index is 2.61. The van der Waals surface area contributed by atoms with Crippen molar-refractivity contribution in [1.82, 2.24) is 9.78 Å². The Hall–Kier alpha value is -1.82. The van der Waals surface area contributed by atoms with Crippen molar-refractivity contribution in [2.45, 2.75) is 31.7 Å². The third-order valence-electron chi connectivity index (χ3n) is 3.14. The topological polar surface area (TPSA) is 72.2 Å². The predicted octanol–water partition coefficient (Wildman–Crippen LogP) is 2.55. The number of sulfone groups is 1. The Kier molecular flexibility index (Phi) is 3.60. The van der Waals surface area contributed by atoms with Crippen molar-refractivity contribution in [3.8, 4) is 17.0 Å². The molecule has 0 unspecified atom stereocenters. The molecule has 1 aromatic heterocycles. The van der Waals surface area contributed by atoms with Crippen LogP contribution in [0.25, 0.3) is 11.3 Å². The number of aromatic nitrogens is 2. The molecule has 0 saturated heterocycles. The van der Waals surface area contributed by atoms with Gasteiger partial charge in [0.05, 0.1) is 10.6 Å². The monoisotopic (exact) mass is 294 g/mol. The first-order valence-corrected chi connectivity index (χ1v) is 8.19. The van der Waals surface area contributed by atoms with Crippen molar-refractivity contribution >= 4 is 9.84 Å². The maximum Gasteiger partial charge on any atom is 0.175 e. The highest BCUT2D eigenvalue weighted by Gasteiger charge is 2.18. The number of aromatic hydroxyl groups is 1. The molecule has 1 aromatic carbocycles. The standard InChI is InChI=1S/C14H18N2O3S/c1-9(2)16-10(3)14(17)13(15-16)11-6-5-7-12(8-11)20(4,18)19/h5-9,17H,1-4H3. The van der Waals surface area contributed by atoms with Crippen LogP contribution in [0.5, 0.6) is 5.75 Å². The minimum Gasteiger partial charge on any atom is -0.504 e. The van der Waals surface area contributed by atoms with Gasteiger partial charge < -0.3 is 5.11 Å². The molecule has 1 heterocycles. The molecule has 20 heavy (non-hydrogen) atoms. The zero-order valence-corrected chi connectivity index (χ0v) is 12.8. The smallest absolute Gasteiger partial charge is 0.175 e. The quantitative estimate of drug-likeness (QED) is 0.944. The molecule has 0 bridgehead atoms. The molecule has 0 fully saturated rings. The summed E-state index contributed by atoms with van der Waals surface area (Å²) in [4.78, 5) is 0.214. The van der Waals surface area contributed by atoms with Gasteiger partial charge in [-0.15, -0.1) is 0 Å². The summed E-state index contributed by atoms with van der Waals surface area (Å²) < 4.78 is 24.9. The molecule has 6 heteroatoms. The van der Waals surface area contributed by atoms with Crippen LogP contribution in [-0.4, -0.2) is 29.6 Å². The van der Waals surface area contributed by atoms with E-state index in [1.807, 2.05) is 13.8 Å². The Bertz CT molecular complexity index is 746. The van der Waals surface area contributed by atoms with Crippen molar-refractivity contribution in [3.63, 3.8) is 0 Å². The van der Waals surface area contributed by atoms with Gasteiger partial charge in [-0.1, -0.05) is 12.1 Å². The molecule has 0 spiro atoms. The molecule has 0 aliphatic carbocycles. The van der Waals surface area contributed by atoms with Gasteiger partial charge in [0.15, 0.2) is 15.6 Å². The van der Waals surface area contributed by atoms with Crippen molar-refractivity contribution in [3.05, 3.63) is 30.0 Å². The van der Waals surface area contributed by atoms with Crippen LogP contribution in [0.2, 0.25) is 0 Å². The molecule has 108 valence electrons. The third-order valence-corrected chi connectivity index (χ3v) is 4.25. The largest absolute Gasteiger partial charge is 0.504 e. The summed E-state index contributed by atoms with van der Waals surface area (Å²) in [5, 5.41) is 14.6. The van der Waals surface area contributed by atoms with Crippen molar-refractivity contribution < 1.29 is 13.5 Å². The first-order valence-electron chi connectivity index (χ1n) is 6.30. The van der Waals surface area contributed by atoms with E-state index in [1.54, 1.807) is 23.7 Å². The molecule has 1 N–H and O–H groups in total. The van der Waals surface area contributed by atoms with E-state index >= 15 is 0 Å². The SMILES string of the molecule is Cc1c(O)c(-c2cccc(S(C)(=O)=O)c2)nn1C(C)C. The highest BCUT2D eigenvalue weighted by Crippen LogP contribution is 2.33. The molecular weight excluding hydrogens is 276 g/mol. The van der Waals surface area contributed by atoms with Crippen molar-refractivity contribution in [1.29, 1.82) is 0 Å². The van der Waals surface area contributed by atoms with Crippen LogP contribution in [0.3, 0.4) is 0 Å². The fraction of sp³-hybridized carbons (Fsp3) is 0.357. The maximum atomic E-state index is 11.6. The van der Waals surface area contributed by atoms with E-state index in [0.717, 1.165) is 6.26 Å². The fourth-order valence-corrected chi connectivity index (χ4v) is 2.75. The Morgan fingerprint density at radius 1 is 1.30 bits per heavy atom. The van der Waals surface area contributed by atoms with Gasteiger partial charge in [0.25, 0.3) is 0 Å². The van der Waals surface area contributed by atoms with Gasteiger partial charge in [0, 0.05) is 17.9 Å². The zero-order chi connectivity index (χ0) is 15.1. The number of hydrogen-bond donors (Lipinski definition) is 1. The van der Waals surface area contributed by atoms with E-state index in [1.165, 1.54) is 12.1 Å². The van der Waals surface area contributed by atoms with E-state index in [2.05, 4.69) is 5.10 Å². The maximum absolute atomic E-state index is 11.6. The van der Waals surface area contributed by atoms with Crippen LogP contribution in [-0.2, 0) is 9.84 Å². The summed E-state index contributed by atoms with van der Waals surface area (Å²) in [5.74, 6) is 0.0874. The molecular formula is C14H18N2O3S. The summed E-state index contributed by atoms with van der Waals surface area (Å²) in [6.07, 6.45) is 1.16. The Labute approximate surface area is 118 Å². The second-order valence-corrected chi connectivity index (χ2v) is 7.14. The lowest BCUT2D eigenvalue weighted by Crippen LogP contribution is -2.04. The number of rotatable bonds is 3. The predicted molar refractivity (Wildman–Crippen MR) is 77.6 cm³/mol. The molecule has 5 nitrogen and oxygen atoms in total. The minimum absolute atomic E-state index is 0.0874. The van der Waals surface area contributed by atoms with E-state index in [4.69, 9.17) is 0 Å². The van der Waals surface area contributed by atoms with E-state index in [9.17, 15) is 13.5 Å². The summed E-state index contributed by atoms with van der Waals surface area (Å²) in [6.45, 7) is 5.72. The summed E-state index contributed by atoms with van der Waals surface area (Å²) in [6, 6.07) is 6.56. The van der Waals surface area contributed by atoms with Gasteiger partial charge in [-0.25, -0.2) is 8.42 Å². The first kappa shape index (κ1) is 14.6. The average molecular weight is 294 g/mol. The average Bonchev–Trinajstić information content (AvgIpc) is 2.66. The van der Waals surface area contributed by atoms with Gasteiger partial charge in [-0.2, -0.15) is 5.10 Å². The minimum atomic E-state index is -3.28. The van der Waals surface area contributed by atoms with Crippen LogP contribution >= 0.6 is 0 Å². The molecule has 0 aliphatic rings. The Morgan fingerprint density at radius 3 is 2.45 bits per heavy atom. The van der Waals surface area contributed by atoms with E-state index < -0.39 is 9.84 Å². The number of hydrogen-bond acceptors (Lipinski definition) is 4. The highest BCUT2D eigenvalue weighted by atomic mass is 32.2. The molecule has 0 saturated carbocycles. The van der Waals surface area contributed by atoms with Crippen LogP contribution in [0.4, 0.5) is 0 Å². The van der Waals surface area contributed by atoms with Crippen LogP contribution in [0, 0.1) is 6.92 Å². The van der Waals surface area contributed by atoms with Crippen LogP contribution in [0.15, 0.2) is 29.2 Å². The van der Waals surface area contributed by atoms with Crippen molar-refractivity contribution in [2.24, 2.45) is 0 Å². The molecule has 0 radical (unpaired) electrons. The van der Waals surface area contributed by atoms with Crippen molar-refractivity contribution in [2.75, 3.05) is 6.26 Å².